The fraction of sp³-hybridized carbons (Fsp3) is 0.774. The van der Waals surface area contributed by atoms with Crippen LogP contribution in [-0.4, -0.2) is 36.4 Å². The highest BCUT2D eigenvalue weighted by atomic mass is 16.5. The van der Waals surface area contributed by atoms with Crippen LogP contribution in [0.4, 0.5) is 0 Å². The molecular weight excluding hydrogens is 452 g/mol. The zero-order chi connectivity index (χ0) is 26.4. The normalized spacial score (nSPS) is 44.8. The molecule has 0 saturated heterocycles. The maximum atomic E-state index is 14.2. The molecule has 0 bridgehead atoms. The second kappa shape index (κ2) is 8.12. The van der Waals surface area contributed by atoms with E-state index in [9.17, 15) is 19.5 Å². The van der Waals surface area contributed by atoms with Crippen molar-refractivity contribution in [3.8, 4) is 0 Å². The molecule has 5 heteroatoms. The first-order valence-corrected chi connectivity index (χ1v) is 13.9. The highest BCUT2D eigenvalue weighted by Gasteiger charge is 2.67. The molecule has 198 valence electrons. The molecule has 5 nitrogen and oxygen atoms in total. The lowest BCUT2D eigenvalue weighted by atomic mass is 9.37. The minimum absolute atomic E-state index is 0.0430. The first-order valence-electron chi connectivity index (χ1n) is 13.9. The van der Waals surface area contributed by atoms with E-state index in [4.69, 9.17) is 4.74 Å². The fourth-order valence-electron chi connectivity index (χ4n) is 9.57. The molecule has 1 N–H and O–H groups in total. The molecule has 3 fully saturated rings. The molecule has 5 rings (SSSR count). The van der Waals surface area contributed by atoms with Crippen molar-refractivity contribution in [3.63, 3.8) is 0 Å². The van der Waals surface area contributed by atoms with Gasteiger partial charge in [0.25, 0.3) is 0 Å². The van der Waals surface area contributed by atoms with Crippen molar-refractivity contribution in [2.75, 3.05) is 13.7 Å². The third-order valence-electron chi connectivity index (χ3n) is 11.8. The number of methoxy groups -OCH3 is 1. The van der Waals surface area contributed by atoms with E-state index in [0.717, 1.165) is 43.3 Å². The van der Waals surface area contributed by atoms with Crippen LogP contribution in [0.15, 0.2) is 23.3 Å². The zero-order valence-corrected chi connectivity index (χ0v) is 23.1. The van der Waals surface area contributed by atoms with Gasteiger partial charge in [0.15, 0.2) is 5.78 Å². The number of Topliss-reactive ketones (excluding diaryl/α,β-unsaturated/α-hetero) is 1. The van der Waals surface area contributed by atoms with Gasteiger partial charge < -0.3 is 9.84 Å². The number of esters is 1. The van der Waals surface area contributed by atoms with Crippen LogP contribution >= 0.6 is 0 Å². The molecule has 6 unspecified atom stereocenters. The Labute approximate surface area is 216 Å². The van der Waals surface area contributed by atoms with Crippen LogP contribution in [0, 0.1) is 57.2 Å². The maximum Gasteiger partial charge on any atom is 0.308 e. The van der Waals surface area contributed by atoms with E-state index in [-0.39, 0.29) is 70.0 Å². The number of rotatable bonds is 2. The van der Waals surface area contributed by atoms with Crippen LogP contribution in [0.1, 0.15) is 80.1 Å². The van der Waals surface area contributed by atoms with Gasteiger partial charge in [-0.05, 0) is 89.7 Å². The SMILES string of the molecule is COC(=O)C1C[C@]2(C)C(C(=O)C=C3C4=CC(CO)C(=O)C(C)(C)C4CC[C@]32C)C2CC(C)(C)CCC12. The summed E-state index contributed by atoms with van der Waals surface area (Å²) in [5.74, 6) is -0.291. The van der Waals surface area contributed by atoms with Gasteiger partial charge in [-0.15, -0.1) is 0 Å². The Hall–Kier alpha value is -1.75. The van der Waals surface area contributed by atoms with Gasteiger partial charge in [0.2, 0.25) is 0 Å². The minimum atomic E-state index is -0.583. The van der Waals surface area contributed by atoms with Gasteiger partial charge in [0, 0.05) is 11.3 Å². The number of carbonyl (C=O) groups excluding carboxylic acids is 3. The first-order chi connectivity index (χ1) is 16.7. The van der Waals surface area contributed by atoms with E-state index in [2.05, 4.69) is 27.7 Å². The largest absolute Gasteiger partial charge is 0.469 e. The number of ketones is 2. The van der Waals surface area contributed by atoms with Crippen molar-refractivity contribution < 1.29 is 24.2 Å². The molecule has 0 amide bonds. The van der Waals surface area contributed by atoms with Crippen LogP contribution < -0.4 is 0 Å². The summed E-state index contributed by atoms with van der Waals surface area (Å²) < 4.78 is 5.35. The van der Waals surface area contributed by atoms with Crippen molar-refractivity contribution in [3.05, 3.63) is 23.3 Å². The van der Waals surface area contributed by atoms with Gasteiger partial charge >= 0.3 is 5.97 Å². The standard InChI is InChI=1S/C31H44O5/c1-28(2)10-8-18-20(14-28)25-24(33)13-23-19-12-17(16-32)26(34)29(3,4)22(19)9-11-30(23,5)31(25,6)15-21(18)27(35)36-7/h12-13,17-18,20-22,25,32H,8-11,14-16H2,1-7H3/t17?,18?,20?,21?,22?,25?,30-,31-/m1/s1. The van der Waals surface area contributed by atoms with E-state index < -0.39 is 11.3 Å². The average molecular weight is 497 g/mol. The summed E-state index contributed by atoms with van der Waals surface area (Å²) in [4.78, 5) is 40.5. The molecule has 5 aliphatic carbocycles. The number of hydrogen-bond donors (Lipinski definition) is 1. The fourth-order valence-corrected chi connectivity index (χ4v) is 9.57. The number of aliphatic hydroxyl groups excluding tert-OH is 1. The molecule has 0 heterocycles. The number of fused-ring (bicyclic) bond motifs is 7. The van der Waals surface area contributed by atoms with Crippen LogP contribution in [0.5, 0.6) is 0 Å². The maximum absolute atomic E-state index is 14.2. The molecule has 0 aromatic rings. The Morgan fingerprint density at radius 3 is 2.36 bits per heavy atom. The van der Waals surface area contributed by atoms with Crippen LogP contribution in [-0.2, 0) is 19.1 Å². The molecular formula is C31H44O5. The summed E-state index contributed by atoms with van der Waals surface area (Å²) in [6, 6.07) is 0. The quantitative estimate of drug-likeness (QED) is 0.524. The molecule has 5 aliphatic rings. The summed E-state index contributed by atoms with van der Waals surface area (Å²) >= 11 is 0. The second-order valence-corrected chi connectivity index (χ2v) is 14.3. The highest BCUT2D eigenvalue weighted by molar-refractivity contribution is 5.97. The van der Waals surface area contributed by atoms with E-state index >= 15 is 0 Å². The van der Waals surface area contributed by atoms with Gasteiger partial charge in [0.1, 0.15) is 5.78 Å². The number of allylic oxidation sites excluding steroid dienone is 3. The summed E-state index contributed by atoms with van der Waals surface area (Å²) in [5.41, 5.74) is 1.03. The third kappa shape index (κ3) is 3.33. The molecule has 0 spiro atoms. The number of ether oxygens (including phenoxy) is 1. The van der Waals surface area contributed by atoms with Gasteiger partial charge in [-0.2, -0.15) is 0 Å². The number of hydrogen-bond acceptors (Lipinski definition) is 5. The summed E-state index contributed by atoms with van der Waals surface area (Å²) in [6.45, 7) is 12.9. The van der Waals surface area contributed by atoms with E-state index in [1.807, 2.05) is 26.0 Å². The van der Waals surface area contributed by atoms with Crippen LogP contribution in [0.25, 0.3) is 0 Å². The average Bonchev–Trinajstić information content (AvgIpc) is 2.80. The second-order valence-electron chi connectivity index (χ2n) is 14.3. The van der Waals surface area contributed by atoms with Gasteiger partial charge in [0.05, 0.1) is 25.6 Å². The van der Waals surface area contributed by atoms with Crippen molar-refractivity contribution in [2.24, 2.45) is 57.2 Å². The number of carbonyl (C=O) groups is 3. The molecule has 0 radical (unpaired) electrons. The van der Waals surface area contributed by atoms with Gasteiger partial charge in [-0.3, -0.25) is 14.4 Å². The first kappa shape index (κ1) is 25.9. The molecule has 0 aromatic heterocycles. The Kier molecular flexibility index (Phi) is 5.84. The minimum Gasteiger partial charge on any atom is -0.469 e. The van der Waals surface area contributed by atoms with Gasteiger partial charge in [-0.1, -0.05) is 47.6 Å². The monoisotopic (exact) mass is 496 g/mol. The topological polar surface area (TPSA) is 80.7 Å². The Morgan fingerprint density at radius 2 is 1.72 bits per heavy atom. The summed E-state index contributed by atoms with van der Waals surface area (Å²) in [7, 11) is 1.49. The lowest BCUT2D eigenvalue weighted by Gasteiger charge is -2.65. The van der Waals surface area contributed by atoms with E-state index in [1.165, 1.54) is 7.11 Å². The highest BCUT2D eigenvalue weighted by Crippen LogP contribution is 2.71. The lowest BCUT2D eigenvalue weighted by Crippen LogP contribution is -2.62. The van der Waals surface area contributed by atoms with Crippen molar-refractivity contribution in [1.82, 2.24) is 0 Å². The molecule has 3 saturated carbocycles. The molecule has 0 aromatic carbocycles. The van der Waals surface area contributed by atoms with Crippen LogP contribution in [0.3, 0.4) is 0 Å². The Morgan fingerprint density at radius 1 is 1.03 bits per heavy atom. The predicted octanol–water partition coefficient (Wildman–Crippen LogP) is 5.31. The summed E-state index contributed by atoms with van der Waals surface area (Å²) in [6.07, 6.45) is 9.29. The van der Waals surface area contributed by atoms with Crippen molar-refractivity contribution >= 4 is 17.5 Å². The smallest absolute Gasteiger partial charge is 0.308 e. The summed E-state index contributed by atoms with van der Waals surface area (Å²) in [5, 5.41) is 10.0. The molecule has 0 aliphatic heterocycles. The third-order valence-corrected chi connectivity index (χ3v) is 11.8. The van der Waals surface area contributed by atoms with Crippen molar-refractivity contribution in [1.29, 1.82) is 0 Å². The predicted molar refractivity (Wildman–Crippen MR) is 138 cm³/mol. The molecule has 36 heavy (non-hydrogen) atoms. The van der Waals surface area contributed by atoms with E-state index in [1.54, 1.807) is 0 Å². The molecule has 8 atom stereocenters. The van der Waals surface area contributed by atoms with Crippen molar-refractivity contribution in [2.45, 2.75) is 80.1 Å². The van der Waals surface area contributed by atoms with Gasteiger partial charge in [-0.25, -0.2) is 0 Å². The Bertz CT molecular complexity index is 1060. The lowest BCUT2D eigenvalue weighted by molar-refractivity contribution is -0.175. The van der Waals surface area contributed by atoms with Crippen LogP contribution in [0.2, 0.25) is 0 Å². The number of aliphatic hydroxyl groups is 1. The Balaban J connectivity index is 1.67. The van der Waals surface area contributed by atoms with E-state index in [0.29, 0.717) is 6.42 Å². The zero-order valence-electron chi connectivity index (χ0n) is 23.1.